The van der Waals surface area contributed by atoms with Crippen LogP contribution in [0.4, 0.5) is 5.69 Å². The van der Waals surface area contributed by atoms with E-state index in [2.05, 4.69) is 5.10 Å². The van der Waals surface area contributed by atoms with Gasteiger partial charge in [0.1, 0.15) is 0 Å². The fraction of sp³-hybridized carbons (Fsp3) is 0.636. The first-order valence-electron chi connectivity index (χ1n) is 5.86. The van der Waals surface area contributed by atoms with Gasteiger partial charge in [-0.15, -0.1) is 0 Å². The van der Waals surface area contributed by atoms with Gasteiger partial charge in [-0.3, -0.25) is 4.79 Å². The Kier molecular flexibility index (Phi) is 6.34. The number of hydrogen-bond acceptors (Lipinski definition) is 6. The molecule has 0 saturated carbocycles. The summed E-state index contributed by atoms with van der Waals surface area (Å²) in [5.41, 5.74) is 6.02. The maximum absolute atomic E-state index is 11.8. The fourth-order valence-electron chi connectivity index (χ4n) is 1.44. The Hall–Kier alpha value is -1.44. The van der Waals surface area contributed by atoms with Gasteiger partial charge in [0.15, 0.2) is 0 Å². The largest absolute Gasteiger partial charge is 0.394 e. The van der Waals surface area contributed by atoms with Gasteiger partial charge in [-0.25, -0.2) is 4.68 Å². The Labute approximate surface area is 106 Å². The molecule has 0 saturated heterocycles. The van der Waals surface area contributed by atoms with Crippen molar-refractivity contribution >= 4 is 5.69 Å². The molecule has 0 unspecified atom stereocenters. The molecule has 3 N–H and O–H groups in total. The van der Waals surface area contributed by atoms with Crippen molar-refractivity contribution in [2.45, 2.75) is 6.54 Å². The van der Waals surface area contributed by atoms with Crippen LogP contribution < -0.4 is 16.2 Å². The zero-order valence-corrected chi connectivity index (χ0v) is 10.6. The van der Waals surface area contributed by atoms with Crippen LogP contribution in [-0.4, -0.2) is 54.8 Å². The third kappa shape index (κ3) is 4.44. The first-order valence-corrected chi connectivity index (χ1v) is 5.86. The Morgan fingerprint density at radius 3 is 2.94 bits per heavy atom. The topological polar surface area (TPSA) is 93.6 Å². The van der Waals surface area contributed by atoms with Crippen LogP contribution in [-0.2, 0) is 11.3 Å². The minimum absolute atomic E-state index is 0.0227. The molecule has 0 amide bonds. The molecule has 7 nitrogen and oxygen atoms in total. The highest BCUT2D eigenvalue weighted by Gasteiger charge is 2.04. The van der Waals surface area contributed by atoms with E-state index in [1.165, 1.54) is 10.7 Å². The molecule has 1 rings (SSSR count). The number of aliphatic hydroxyl groups excluding tert-OH is 1. The number of nitrogens with zero attached hydrogens (tertiary/aromatic N) is 3. The highest BCUT2D eigenvalue weighted by Crippen LogP contribution is 2.05. The maximum Gasteiger partial charge on any atom is 0.268 e. The summed E-state index contributed by atoms with van der Waals surface area (Å²) in [4.78, 5) is 13.6. The van der Waals surface area contributed by atoms with E-state index in [9.17, 15) is 4.79 Å². The lowest BCUT2D eigenvalue weighted by Gasteiger charge is -2.17. The van der Waals surface area contributed by atoms with Crippen LogP contribution in [0.1, 0.15) is 0 Å². The molecule has 1 aromatic heterocycles. The molecular weight excluding hydrogens is 236 g/mol. The molecule has 0 aliphatic rings. The van der Waals surface area contributed by atoms with Crippen LogP contribution in [0.2, 0.25) is 0 Å². The quantitative estimate of drug-likeness (QED) is 0.558. The number of hydrogen-bond donors (Lipinski definition) is 2. The molecule has 0 radical (unpaired) electrons. The van der Waals surface area contributed by atoms with Crippen LogP contribution in [0, 0.1) is 0 Å². The molecule has 0 bridgehead atoms. The molecule has 0 aromatic carbocycles. The van der Waals surface area contributed by atoms with E-state index in [4.69, 9.17) is 15.6 Å². The molecule has 0 aliphatic heterocycles. The van der Waals surface area contributed by atoms with E-state index in [0.29, 0.717) is 26.2 Å². The van der Waals surface area contributed by atoms with Crippen LogP contribution in [0.25, 0.3) is 0 Å². The smallest absolute Gasteiger partial charge is 0.268 e. The number of likely N-dealkylation sites (N-methyl/N-ethyl adjacent to an activating group) is 1. The Bertz CT molecular complexity index is 408. The number of anilines is 1. The van der Waals surface area contributed by atoms with Crippen LogP contribution in [0.3, 0.4) is 0 Å². The third-order valence-corrected chi connectivity index (χ3v) is 2.44. The van der Waals surface area contributed by atoms with Gasteiger partial charge in [0.25, 0.3) is 5.56 Å². The first kappa shape index (κ1) is 14.6. The van der Waals surface area contributed by atoms with Crippen molar-refractivity contribution in [2.24, 2.45) is 5.73 Å². The van der Waals surface area contributed by atoms with E-state index in [1.54, 1.807) is 6.20 Å². The molecule has 1 aromatic rings. The van der Waals surface area contributed by atoms with Crippen molar-refractivity contribution in [2.75, 3.05) is 44.9 Å². The van der Waals surface area contributed by atoms with Crippen molar-refractivity contribution in [3.05, 3.63) is 22.6 Å². The number of rotatable bonds is 8. The summed E-state index contributed by atoms with van der Waals surface area (Å²) in [5, 5.41) is 12.6. The molecular formula is C11H20N4O3. The monoisotopic (exact) mass is 256 g/mol. The predicted molar refractivity (Wildman–Crippen MR) is 68.7 cm³/mol. The van der Waals surface area contributed by atoms with Crippen molar-refractivity contribution < 1.29 is 9.84 Å². The summed E-state index contributed by atoms with van der Waals surface area (Å²) < 4.78 is 6.41. The molecule has 18 heavy (non-hydrogen) atoms. The van der Waals surface area contributed by atoms with Gasteiger partial charge < -0.3 is 20.5 Å². The summed E-state index contributed by atoms with van der Waals surface area (Å²) in [6, 6.07) is 1.52. The summed E-state index contributed by atoms with van der Waals surface area (Å²) in [7, 11) is 1.86. The summed E-state index contributed by atoms with van der Waals surface area (Å²) in [6.07, 6.45) is 1.63. The highest BCUT2D eigenvalue weighted by atomic mass is 16.5. The van der Waals surface area contributed by atoms with Crippen molar-refractivity contribution in [3.8, 4) is 0 Å². The molecule has 1 heterocycles. The lowest BCUT2D eigenvalue weighted by Crippen LogP contribution is -2.29. The van der Waals surface area contributed by atoms with Crippen LogP contribution in [0.15, 0.2) is 17.1 Å². The van der Waals surface area contributed by atoms with Crippen LogP contribution >= 0.6 is 0 Å². The number of aliphatic hydroxyl groups is 1. The van der Waals surface area contributed by atoms with Gasteiger partial charge in [0.05, 0.1) is 38.2 Å². The van der Waals surface area contributed by atoms with Gasteiger partial charge in [-0.1, -0.05) is 0 Å². The maximum atomic E-state index is 11.8. The molecule has 7 heteroatoms. The Morgan fingerprint density at radius 1 is 1.56 bits per heavy atom. The minimum Gasteiger partial charge on any atom is -0.394 e. The van der Waals surface area contributed by atoms with Gasteiger partial charge in [0, 0.05) is 26.2 Å². The van der Waals surface area contributed by atoms with E-state index < -0.39 is 0 Å². The second-order valence-electron chi connectivity index (χ2n) is 3.82. The third-order valence-electron chi connectivity index (χ3n) is 2.44. The fourth-order valence-corrected chi connectivity index (χ4v) is 1.44. The SMILES string of the molecule is CN(CCN)c1cnn(CCOCCO)c(=O)c1. The minimum atomic E-state index is -0.177. The molecule has 102 valence electrons. The summed E-state index contributed by atoms with van der Waals surface area (Å²) in [5.74, 6) is 0. The lowest BCUT2D eigenvalue weighted by molar-refractivity contribution is 0.0847. The average molecular weight is 256 g/mol. The second-order valence-corrected chi connectivity index (χ2v) is 3.82. The van der Waals surface area contributed by atoms with E-state index in [-0.39, 0.29) is 18.8 Å². The molecule has 0 aliphatic carbocycles. The van der Waals surface area contributed by atoms with Crippen molar-refractivity contribution in [3.63, 3.8) is 0 Å². The molecule has 0 fully saturated rings. The highest BCUT2D eigenvalue weighted by molar-refractivity contribution is 5.41. The van der Waals surface area contributed by atoms with E-state index >= 15 is 0 Å². The standard InChI is InChI=1S/C11H20N4O3/c1-14(3-2-12)10-8-11(17)15(13-9-10)4-6-18-7-5-16/h8-9,16H,2-7,12H2,1H3. The van der Waals surface area contributed by atoms with Crippen molar-refractivity contribution in [1.82, 2.24) is 9.78 Å². The average Bonchev–Trinajstić information content (AvgIpc) is 2.36. The van der Waals surface area contributed by atoms with Crippen molar-refractivity contribution in [1.29, 1.82) is 0 Å². The lowest BCUT2D eigenvalue weighted by atomic mass is 10.4. The molecule has 0 atom stereocenters. The summed E-state index contributed by atoms with van der Waals surface area (Å²) >= 11 is 0. The Morgan fingerprint density at radius 2 is 2.33 bits per heavy atom. The number of aromatic nitrogens is 2. The van der Waals surface area contributed by atoms with Gasteiger partial charge in [-0.05, 0) is 0 Å². The predicted octanol–water partition coefficient (Wildman–Crippen LogP) is -1.35. The zero-order valence-electron chi connectivity index (χ0n) is 10.6. The summed E-state index contributed by atoms with van der Waals surface area (Å²) in [6.45, 7) is 2.17. The Balaban J connectivity index is 2.59. The normalized spacial score (nSPS) is 10.6. The van der Waals surface area contributed by atoms with Crippen LogP contribution in [0.5, 0.6) is 0 Å². The molecule has 0 spiro atoms. The zero-order chi connectivity index (χ0) is 13.4. The van der Waals surface area contributed by atoms with E-state index in [1.807, 2.05) is 11.9 Å². The van der Waals surface area contributed by atoms with Gasteiger partial charge >= 0.3 is 0 Å². The second kappa shape index (κ2) is 7.80. The van der Waals surface area contributed by atoms with E-state index in [0.717, 1.165) is 5.69 Å². The number of nitrogens with two attached hydrogens (primary N) is 1. The van der Waals surface area contributed by atoms with Gasteiger partial charge in [-0.2, -0.15) is 5.10 Å². The number of ether oxygens (including phenoxy) is 1. The first-order chi connectivity index (χ1) is 8.69. The van der Waals surface area contributed by atoms with Gasteiger partial charge in [0.2, 0.25) is 0 Å².